The molecule has 29 heavy (non-hydrogen) atoms. The van der Waals surface area contributed by atoms with Crippen LogP contribution in [-0.2, 0) is 14.8 Å². The van der Waals surface area contributed by atoms with Crippen molar-refractivity contribution in [3.63, 3.8) is 0 Å². The molecule has 0 fully saturated rings. The molecule has 0 aliphatic carbocycles. The molecule has 0 aliphatic heterocycles. The lowest BCUT2D eigenvalue weighted by molar-refractivity contribution is -0.384. The Hall–Kier alpha value is -3.24. The maximum Gasteiger partial charge on any atom is 0.269 e. The summed E-state index contributed by atoms with van der Waals surface area (Å²) in [5, 5.41) is 13.6. The molecule has 0 aromatic heterocycles. The Morgan fingerprint density at radius 1 is 1.24 bits per heavy atom. The van der Waals surface area contributed by atoms with Crippen molar-refractivity contribution >= 4 is 27.7 Å². The molecule has 9 nitrogen and oxygen atoms in total. The lowest BCUT2D eigenvalue weighted by Gasteiger charge is -2.12. The molecule has 1 amide bonds. The van der Waals surface area contributed by atoms with E-state index in [1.165, 1.54) is 50.6 Å². The predicted octanol–water partition coefficient (Wildman–Crippen LogP) is 2.40. The van der Waals surface area contributed by atoms with E-state index in [-0.39, 0.29) is 16.3 Å². The molecular weight excluding hydrogens is 398 g/mol. The van der Waals surface area contributed by atoms with Crippen molar-refractivity contribution in [1.29, 1.82) is 0 Å². The molecule has 2 aromatic rings. The van der Waals surface area contributed by atoms with Crippen molar-refractivity contribution in [2.24, 2.45) is 0 Å². The van der Waals surface area contributed by atoms with Gasteiger partial charge in [0.2, 0.25) is 15.9 Å². The van der Waals surface area contributed by atoms with Crippen molar-refractivity contribution in [2.75, 3.05) is 14.2 Å². The molecule has 0 aliphatic rings. The Morgan fingerprint density at radius 3 is 2.59 bits per heavy atom. The van der Waals surface area contributed by atoms with Crippen molar-refractivity contribution in [1.82, 2.24) is 10.0 Å². The summed E-state index contributed by atoms with van der Waals surface area (Å²) < 4.78 is 31.5. The molecule has 10 heteroatoms. The zero-order valence-electron chi connectivity index (χ0n) is 16.1. The summed E-state index contributed by atoms with van der Waals surface area (Å²) in [6.07, 6.45) is 2.72. The maximum atomic E-state index is 12.2. The van der Waals surface area contributed by atoms with Gasteiger partial charge in [0.25, 0.3) is 5.69 Å². The van der Waals surface area contributed by atoms with E-state index in [1.807, 2.05) is 0 Å². The first-order valence-electron chi connectivity index (χ1n) is 8.52. The molecule has 1 unspecified atom stereocenters. The molecule has 2 aromatic carbocycles. The van der Waals surface area contributed by atoms with Gasteiger partial charge in [-0.15, -0.1) is 0 Å². The fourth-order valence-corrected chi connectivity index (χ4v) is 3.47. The summed E-state index contributed by atoms with van der Waals surface area (Å²) in [6, 6.07) is 10.0. The highest BCUT2D eigenvalue weighted by Crippen LogP contribution is 2.25. The highest BCUT2D eigenvalue weighted by atomic mass is 32.2. The second-order valence-corrected chi connectivity index (χ2v) is 7.89. The van der Waals surface area contributed by atoms with Crippen molar-refractivity contribution in [3.8, 4) is 5.75 Å². The molecule has 0 saturated carbocycles. The van der Waals surface area contributed by atoms with E-state index in [0.29, 0.717) is 11.1 Å². The maximum absolute atomic E-state index is 12.2. The lowest BCUT2D eigenvalue weighted by atomic mass is 10.1. The number of methoxy groups -OCH3 is 1. The van der Waals surface area contributed by atoms with Gasteiger partial charge in [0, 0.05) is 18.2 Å². The van der Waals surface area contributed by atoms with E-state index in [9.17, 15) is 23.3 Å². The van der Waals surface area contributed by atoms with Crippen LogP contribution in [0, 0.1) is 10.1 Å². The van der Waals surface area contributed by atoms with Crippen LogP contribution < -0.4 is 14.8 Å². The number of non-ortho nitro benzene ring substituents is 1. The van der Waals surface area contributed by atoms with Gasteiger partial charge in [-0.1, -0.05) is 18.2 Å². The van der Waals surface area contributed by atoms with Crippen LogP contribution in [0.4, 0.5) is 5.69 Å². The molecule has 0 saturated heterocycles. The number of benzene rings is 2. The van der Waals surface area contributed by atoms with Crippen LogP contribution in [0.15, 0.2) is 53.4 Å². The van der Waals surface area contributed by atoms with Gasteiger partial charge >= 0.3 is 0 Å². The first-order valence-corrected chi connectivity index (χ1v) is 10.0. The zero-order valence-corrected chi connectivity index (χ0v) is 16.9. The Morgan fingerprint density at radius 2 is 1.97 bits per heavy atom. The summed E-state index contributed by atoms with van der Waals surface area (Å²) in [7, 11) is -1.08. The monoisotopic (exact) mass is 419 g/mol. The quantitative estimate of drug-likeness (QED) is 0.384. The number of hydrogen-bond acceptors (Lipinski definition) is 6. The summed E-state index contributed by atoms with van der Waals surface area (Å²) in [6.45, 7) is 1.70. The number of nitro groups is 1. The number of carbonyl (C=O) groups is 1. The van der Waals surface area contributed by atoms with Crippen LogP contribution in [0.1, 0.15) is 24.1 Å². The third-order valence-corrected chi connectivity index (χ3v) is 5.55. The average molecular weight is 419 g/mol. The summed E-state index contributed by atoms with van der Waals surface area (Å²) in [5.74, 6) is -0.252. The number of nitrogens with one attached hydrogen (secondary N) is 2. The van der Waals surface area contributed by atoms with Crippen LogP contribution in [0.3, 0.4) is 0 Å². The lowest BCUT2D eigenvalue weighted by Crippen LogP contribution is -2.24. The fourth-order valence-electron chi connectivity index (χ4n) is 2.54. The Labute approximate surface area is 168 Å². The van der Waals surface area contributed by atoms with Gasteiger partial charge in [0.05, 0.1) is 18.1 Å². The zero-order chi connectivity index (χ0) is 21.6. The Balaban J connectivity index is 2.15. The molecule has 2 N–H and O–H groups in total. The average Bonchev–Trinajstić information content (AvgIpc) is 2.72. The molecule has 0 radical (unpaired) electrons. The van der Waals surface area contributed by atoms with Crippen molar-refractivity contribution in [3.05, 3.63) is 69.8 Å². The first kappa shape index (κ1) is 22.1. The van der Waals surface area contributed by atoms with E-state index < -0.39 is 26.9 Å². The van der Waals surface area contributed by atoms with Crippen LogP contribution in [0.25, 0.3) is 6.08 Å². The summed E-state index contributed by atoms with van der Waals surface area (Å²) >= 11 is 0. The third-order valence-electron chi connectivity index (χ3n) is 4.11. The molecular formula is C19H21N3O6S. The van der Waals surface area contributed by atoms with E-state index >= 15 is 0 Å². The highest BCUT2D eigenvalue weighted by Gasteiger charge is 2.18. The number of nitro benzene ring substituents is 1. The minimum absolute atomic E-state index is 0.0463. The first-order chi connectivity index (χ1) is 13.7. The van der Waals surface area contributed by atoms with E-state index in [2.05, 4.69) is 10.0 Å². The molecule has 0 heterocycles. The highest BCUT2D eigenvalue weighted by molar-refractivity contribution is 7.89. The smallest absolute Gasteiger partial charge is 0.269 e. The molecule has 1 atom stereocenters. The summed E-state index contributed by atoms with van der Waals surface area (Å²) in [5.41, 5.74) is 1.02. The number of carbonyl (C=O) groups excluding carboxylic acids is 1. The number of sulfonamides is 1. The van der Waals surface area contributed by atoms with Gasteiger partial charge in [-0.25, -0.2) is 13.1 Å². The second kappa shape index (κ2) is 9.30. The number of amides is 1. The topological polar surface area (TPSA) is 128 Å². The number of ether oxygens (including phenoxy) is 1. The SMILES string of the molecule is CNS(=O)(=O)c1cc(C=CC(=O)NC(C)c2cccc([N+](=O)[O-])c2)ccc1OC. The molecule has 0 spiro atoms. The standard InChI is InChI=1S/C19H21N3O6S/c1-13(15-5-4-6-16(12-15)22(24)25)21-19(23)10-8-14-7-9-17(28-3)18(11-14)29(26,27)20-2/h4-13,20H,1-3H3,(H,21,23). The van der Waals surface area contributed by atoms with Crippen LogP contribution >= 0.6 is 0 Å². The van der Waals surface area contributed by atoms with Crippen LogP contribution in [0.5, 0.6) is 5.75 Å². The minimum Gasteiger partial charge on any atom is -0.495 e. The number of rotatable bonds is 8. The number of nitrogens with zero attached hydrogens (tertiary/aromatic N) is 1. The predicted molar refractivity (Wildman–Crippen MR) is 108 cm³/mol. The summed E-state index contributed by atoms with van der Waals surface area (Å²) in [4.78, 5) is 22.5. The second-order valence-electron chi connectivity index (χ2n) is 6.03. The van der Waals surface area contributed by atoms with E-state index in [1.54, 1.807) is 25.1 Å². The number of hydrogen-bond donors (Lipinski definition) is 2. The van der Waals surface area contributed by atoms with Gasteiger partial charge in [0.1, 0.15) is 10.6 Å². The largest absolute Gasteiger partial charge is 0.495 e. The van der Waals surface area contributed by atoms with Gasteiger partial charge in [0.15, 0.2) is 0 Å². The van der Waals surface area contributed by atoms with Crippen LogP contribution in [0.2, 0.25) is 0 Å². The fraction of sp³-hybridized carbons (Fsp3) is 0.211. The Kier molecular flexibility index (Phi) is 7.08. The van der Waals surface area contributed by atoms with E-state index in [4.69, 9.17) is 4.74 Å². The molecule has 154 valence electrons. The normalized spacial score (nSPS) is 12.5. The van der Waals surface area contributed by atoms with Gasteiger partial charge in [-0.2, -0.15) is 0 Å². The molecule has 0 bridgehead atoms. The van der Waals surface area contributed by atoms with Crippen molar-refractivity contribution < 1.29 is 22.9 Å². The van der Waals surface area contributed by atoms with E-state index in [0.717, 1.165) is 0 Å². The van der Waals surface area contributed by atoms with Gasteiger partial charge in [-0.3, -0.25) is 14.9 Å². The Bertz CT molecular complexity index is 1050. The van der Waals surface area contributed by atoms with Gasteiger partial charge < -0.3 is 10.1 Å². The third kappa shape index (κ3) is 5.62. The molecule has 2 rings (SSSR count). The van der Waals surface area contributed by atoms with Crippen LogP contribution in [-0.4, -0.2) is 33.4 Å². The minimum atomic E-state index is -3.73. The van der Waals surface area contributed by atoms with Gasteiger partial charge in [-0.05, 0) is 43.3 Å². The van der Waals surface area contributed by atoms with Crippen molar-refractivity contribution in [2.45, 2.75) is 17.9 Å².